The first-order valence-corrected chi connectivity index (χ1v) is 15.5. The van der Waals surface area contributed by atoms with Crippen LogP contribution < -0.4 is 9.80 Å². The first kappa shape index (κ1) is 30.7. The van der Waals surface area contributed by atoms with Crippen molar-refractivity contribution >= 4 is 35.8 Å². The van der Waals surface area contributed by atoms with Crippen molar-refractivity contribution in [1.29, 1.82) is 0 Å². The highest BCUT2D eigenvalue weighted by atomic mass is 16.6. The Balaban J connectivity index is 1.07. The number of hydrogen-bond acceptors (Lipinski definition) is 8. The van der Waals surface area contributed by atoms with E-state index in [1.54, 1.807) is 4.90 Å². The zero-order chi connectivity index (χ0) is 30.6. The van der Waals surface area contributed by atoms with Gasteiger partial charge in [0.2, 0.25) is 0 Å². The molecule has 0 radical (unpaired) electrons. The third kappa shape index (κ3) is 7.44. The van der Waals surface area contributed by atoms with E-state index in [-0.39, 0.29) is 18.3 Å². The molecule has 3 aliphatic heterocycles. The molecule has 5 rings (SSSR count). The number of piperazine rings is 1. The normalized spacial score (nSPS) is 18.9. The van der Waals surface area contributed by atoms with Crippen LogP contribution in [0.2, 0.25) is 0 Å². The highest BCUT2D eigenvalue weighted by Gasteiger charge is 2.33. The number of hydrogen-bond donors (Lipinski definition) is 0. The molecule has 0 spiro atoms. The summed E-state index contributed by atoms with van der Waals surface area (Å²) in [5.74, 6) is 0.259. The van der Waals surface area contributed by atoms with Gasteiger partial charge in [-0.2, -0.15) is 0 Å². The van der Waals surface area contributed by atoms with Crippen molar-refractivity contribution in [2.45, 2.75) is 64.6 Å². The van der Waals surface area contributed by atoms with E-state index in [1.807, 2.05) is 57.2 Å². The minimum absolute atomic E-state index is 0.127. The molecule has 1 amide bonds. The van der Waals surface area contributed by atoms with E-state index in [2.05, 4.69) is 20.8 Å². The average molecular weight is 589 g/mol. The van der Waals surface area contributed by atoms with Crippen molar-refractivity contribution in [3.63, 3.8) is 0 Å². The Morgan fingerprint density at radius 2 is 1.58 bits per heavy atom. The maximum Gasteiger partial charge on any atom is 0.338 e. The number of carbonyl (C=O) groups is 4. The van der Waals surface area contributed by atoms with Gasteiger partial charge < -0.3 is 29.0 Å². The smallest absolute Gasteiger partial charge is 0.338 e. The van der Waals surface area contributed by atoms with Crippen LogP contribution in [0.4, 0.5) is 11.4 Å². The third-order valence-corrected chi connectivity index (χ3v) is 8.79. The van der Waals surface area contributed by atoms with E-state index < -0.39 is 11.6 Å². The summed E-state index contributed by atoms with van der Waals surface area (Å²) in [6.07, 6.45) is 4.51. The lowest BCUT2D eigenvalue weighted by atomic mass is 9.95. The van der Waals surface area contributed by atoms with Crippen molar-refractivity contribution < 1.29 is 23.9 Å². The zero-order valence-electron chi connectivity index (χ0n) is 25.7. The number of amides is 1. The van der Waals surface area contributed by atoms with Gasteiger partial charge in [-0.05, 0) is 94.0 Å². The SMILES string of the molecule is CC(C)(C)OC(=O)c1ccc(N2CCC(CN3CCN(c4ccc5c(c4)CN(C(C=O)CCC=O)C5=O)CC3)CC2)cc1. The number of nitrogens with zero attached hydrogens (tertiary/aromatic N) is 4. The molecule has 2 aromatic rings. The standard InChI is InChI=1S/C34H44N4O5/c1-34(2,3)43-33(42)26-6-8-28(9-7-26)36-14-12-25(13-15-36)22-35-16-18-37(19-17-35)29-10-11-31-27(21-29)23-38(32(31)41)30(24-40)5-4-20-39/h6-11,20-21,24-25,30H,4-5,12-19,22-23H2,1-3H3. The van der Waals surface area contributed by atoms with Gasteiger partial charge in [-0.1, -0.05) is 0 Å². The van der Waals surface area contributed by atoms with Crippen LogP contribution in [0.15, 0.2) is 42.5 Å². The average Bonchev–Trinajstić information content (AvgIpc) is 3.33. The minimum Gasteiger partial charge on any atom is -0.456 e. The van der Waals surface area contributed by atoms with Crippen molar-refractivity contribution in [2.24, 2.45) is 5.92 Å². The Bertz CT molecular complexity index is 1310. The molecule has 43 heavy (non-hydrogen) atoms. The summed E-state index contributed by atoms with van der Waals surface area (Å²) in [5, 5.41) is 0. The Morgan fingerprint density at radius 3 is 2.21 bits per heavy atom. The molecular weight excluding hydrogens is 544 g/mol. The molecule has 3 aliphatic rings. The van der Waals surface area contributed by atoms with Crippen LogP contribution in [-0.2, 0) is 20.9 Å². The van der Waals surface area contributed by atoms with Gasteiger partial charge in [0.1, 0.15) is 18.2 Å². The van der Waals surface area contributed by atoms with Gasteiger partial charge in [-0.15, -0.1) is 0 Å². The second kappa shape index (κ2) is 13.3. The van der Waals surface area contributed by atoms with E-state index in [0.29, 0.717) is 30.0 Å². The molecule has 9 heteroatoms. The summed E-state index contributed by atoms with van der Waals surface area (Å²) >= 11 is 0. The van der Waals surface area contributed by atoms with E-state index in [0.717, 1.165) is 88.2 Å². The number of anilines is 2. The number of benzene rings is 2. The fraction of sp³-hybridized carbons (Fsp3) is 0.529. The highest BCUT2D eigenvalue weighted by Crippen LogP contribution is 2.30. The largest absolute Gasteiger partial charge is 0.456 e. The third-order valence-electron chi connectivity index (χ3n) is 8.79. The molecule has 1 atom stereocenters. The van der Waals surface area contributed by atoms with Crippen molar-refractivity contribution in [3.8, 4) is 0 Å². The maximum absolute atomic E-state index is 12.9. The molecule has 1 unspecified atom stereocenters. The highest BCUT2D eigenvalue weighted by molar-refractivity contribution is 6.00. The second-order valence-corrected chi connectivity index (χ2v) is 13.0. The number of carbonyl (C=O) groups excluding carboxylic acids is 4. The number of fused-ring (bicyclic) bond motifs is 1. The molecule has 2 fully saturated rings. The lowest BCUT2D eigenvalue weighted by Crippen LogP contribution is -2.49. The fourth-order valence-electron chi connectivity index (χ4n) is 6.40. The first-order valence-electron chi connectivity index (χ1n) is 15.5. The predicted molar refractivity (Wildman–Crippen MR) is 167 cm³/mol. The van der Waals surface area contributed by atoms with Crippen LogP contribution in [-0.4, -0.2) is 91.7 Å². The number of ether oxygens (including phenoxy) is 1. The van der Waals surface area contributed by atoms with Gasteiger partial charge >= 0.3 is 5.97 Å². The second-order valence-electron chi connectivity index (χ2n) is 13.0. The summed E-state index contributed by atoms with van der Waals surface area (Å²) in [4.78, 5) is 56.6. The fourth-order valence-corrected chi connectivity index (χ4v) is 6.40. The van der Waals surface area contributed by atoms with Crippen LogP contribution in [0.5, 0.6) is 0 Å². The van der Waals surface area contributed by atoms with Crippen LogP contribution in [0, 0.1) is 5.92 Å². The molecule has 2 saturated heterocycles. The molecule has 0 bridgehead atoms. The molecule has 0 aliphatic carbocycles. The Kier molecular flexibility index (Phi) is 9.49. The maximum atomic E-state index is 12.9. The van der Waals surface area contributed by atoms with Crippen molar-refractivity contribution in [2.75, 3.05) is 55.6 Å². The molecule has 3 heterocycles. The van der Waals surface area contributed by atoms with E-state index in [4.69, 9.17) is 4.74 Å². The Hall–Kier alpha value is -3.72. The topological polar surface area (TPSA) is 90.5 Å². The molecule has 0 N–H and O–H groups in total. The molecular formula is C34H44N4O5. The van der Waals surface area contributed by atoms with Crippen molar-refractivity contribution in [1.82, 2.24) is 9.80 Å². The number of piperidine rings is 1. The quantitative estimate of drug-likeness (QED) is 0.302. The van der Waals surface area contributed by atoms with Gasteiger partial charge in [0.15, 0.2) is 0 Å². The Morgan fingerprint density at radius 1 is 0.930 bits per heavy atom. The molecule has 230 valence electrons. The zero-order valence-corrected chi connectivity index (χ0v) is 25.7. The Labute approximate surface area is 254 Å². The van der Waals surface area contributed by atoms with E-state index in [9.17, 15) is 19.2 Å². The molecule has 9 nitrogen and oxygen atoms in total. The number of aldehydes is 2. The summed E-state index contributed by atoms with van der Waals surface area (Å²) in [7, 11) is 0. The summed E-state index contributed by atoms with van der Waals surface area (Å²) < 4.78 is 5.48. The van der Waals surface area contributed by atoms with Crippen molar-refractivity contribution in [3.05, 3.63) is 59.2 Å². The minimum atomic E-state index is -0.561. The number of rotatable bonds is 10. The molecule has 0 aromatic heterocycles. The van der Waals surface area contributed by atoms with Gasteiger partial charge in [0, 0.05) is 75.7 Å². The summed E-state index contributed by atoms with van der Waals surface area (Å²) in [6.45, 7) is 13.1. The van der Waals surface area contributed by atoms with Crippen LogP contribution >= 0.6 is 0 Å². The van der Waals surface area contributed by atoms with Gasteiger partial charge in [-0.3, -0.25) is 9.69 Å². The van der Waals surface area contributed by atoms with Crippen LogP contribution in [0.3, 0.4) is 0 Å². The summed E-state index contributed by atoms with van der Waals surface area (Å²) in [6, 6.07) is 13.2. The monoisotopic (exact) mass is 588 g/mol. The van der Waals surface area contributed by atoms with Crippen LogP contribution in [0.25, 0.3) is 0 Å². The van der Waals surface area contributed by atoms with Gasteiger partial charge in [-0.25, -0.2) is 4.79 Å². The number of esters is 1. The lowest BCUT2D eigenvalue weighted by Gasteiger charge is -2.40. The lowest BCUT2D eigenvalue weighted by molar-refractivity contribution is -0.112. The molecule has 2 aromatic carbocycles. The predicted octanol–water partition coefficient (Wildman–Crippen LogP) is 4.18. The first-order chi connectivity index (χ1) is 20.6. The van der Waals surface area contributed by atoms with Crippen LogP contribution in [0.1, 0.15) is 72.7 Å². The van der Waals surface area contributed by atoms with E-state index in [1.165, 1.54) is 0 Å². The summed E-state index contributed by atoms with van der Waals surface area (Å²) in [5.41, 5.74) is 3.97. The van der Waals surface area contributed by atoms with E-state index >= 15 is 0 Å². The van der Waals surface area contributed by atoms with Gasteiger partial charge in [0.05, 0.1) is 11.6 Å². The van der Waals surface area contributed by atoms with Gasteiger partial charge in [0.25, 0.3) is 5.91 Å². The molecule has 0 saturated carbocycles.